The molecular weight excluding hydrogens is 324 g/mol. The second-order valence-electron chi connectivity index (χ2n) is 6.92. The number of hydrogen-bond donors (Lipinski definition) is 1. The number of hydrogen-bond acceptors (Lipinski definition) is 7. The number of H-pyrrole nitrogens is 1. The van der Waals surface area contributed by atoms with Gasteiger partial charge in [0.2, 0.25) is 0 Å². The highest BCUT2D eigenvalue weighted by atomic mass is 32.1. The lowest BCUT2D eigenvalue weighted by Gasteiger charge is -2.32. The summed E-state index contributed by atoms with van der Waals surface area (Å²) in [5.74, 6) is 0.874. The Morgan fingerprint density at radius 3 is 2.96 bits per heavy atom. The van der Waals surface area contributed by atoms with Gasteiger partial charge in [0.05, 0.1) is 25.2 Å². The lowest BCUT2D eigenvalue weighted by Crippen LogP contribution is -2.39. The SMILES string of the molecule is CC(C)(C)c1csc(C2CN(c3ncnc4nc[nH]c34)CCO2)n1. The Bertz CT molecular complexity index is 851. The van der Waals surface area contributed by atoms with Gasteiger partial charge in [0.15, 0.2) is 11.5 Å². The summed E-state index contributed by atoms with van der Waals surface area (Å²) in [5, 5.41) is 3.16. The van der Waals surface area contributed by atoms with E-state index in [0.29, 0.717) is 12.3 Å². The zero-order valence-electron chi connectivity index (χ0n) is 14.0. The summed E-state index contributed by atoms with van der Waals surface area (Å²) in [6.45, 7) is 8.69. The van der Waals surface area contributed by atoms with Crippen LogP contribution in [0.25, 0.3) is 11.2 Å². The van der Waals surface area contributed by atoms with E-state index in [1.807, 2.05) is 0 Å². The lowest BCUT2D eigenvalue weighted by atomic mass is 9.93. The summed E-state index contributed by atoms with van der Waals surface area (Å²) < 4.78 is 5.97. The van der Waals surface area contributed by atoms with E-state index in [0.717, 1.165) is 35.1 Å². The molecule has 1 fully saturated rings. The number of aromatic nitrogens is 5. The van der Waals surface area contributed by atoms with Crippen molar-refractivity contribution in [2.75, 3.05) is 24.6 Å². The first-order valence-corrected chi connectivity index (χ1v) is 8.87. The minimum atomic E-state index is -0.0345. The average Bonchev–Trinajstić information content (AvgIpc) is 3.23. The third kappa shape index (κ3) is 2.76. The number of nitrogens with zero attached hydrogens (tertiary/aromatic N) is 5. The Labute approximate surface area is 144 Å². The molecule has 4 rings (SSSR count). The molecule has 1 aliphatic heterocycles. The first-order valence-electron chi connectivity index (χ1n) is 7.99. The van der Waals surface area contributed by atoms with Crippen molar-refractivity contribution in [1.29, 1.82) is 0 Å². The number of imidazole rings is 1. The van der Waals surface area contributed by atoms with Gasteiger partial charge in [-0.3, -0.25) is 0 Å². The molecule has 3 aromatic heterocycles. The Morgan fingerprint density at radius 2 is 2.17 bits per heavy atom. The molecule has 0 saturated carbocycles. The van der Waals surface area contributed by atoms with Gasteiger partial charge in [-0.25, -0.2) is 19.9 Å². The van der Waals surface area contributed by atoms with Crippen LogP contribution in [0, 0.1) is 0 Å². The molecule has 0 bridgehead atoms. The molecule has 126 valence electrons. The molecule has 1 N–H and O–H groups in total. The number of thiazole rings is 1. The predicted octanol–water partition coefficient (Wildman–Crippen LogP) is 2.68. The van der Waals surface area contributed by atoms with Gasteiger partial charge >= 0.3 is 0 Å². The van der Waals surface area contributed by atoms with Crippen molar-refractivity contribution < 1.29 is 4.74 Å². The zero-order valence-corrected chi connectivity index (χ0v) is 14.8. The van der Waals surface area contributed by atoms with Gasteiger partial charge in [-0.15, -0.1) is 11.3 Å². The molecule has 7 nitrogen and oxygen atoms in total. The molecule has 1 unspecified atom stereocenters. The first-order chi connectivity index (χ1) is 11.5. The summed E-state index contributed by atoms with van der Waals surface area (Å²) in [6, 6.07) is 0. The smallest absolute Gasteiger partial charge is 0.182 e. The molecular formula is C16H20N6OS. The number of rotatable bonds is 2. The normalized spacial score (nSPS) is 19.1. The summed E-state index contributed by atoms with van der Waals surface area (Å²) >= 11 is 1.67. The van der Waals surface area contributed by atoms with E-state index in [4.69, 9.17) is 9.72 Å². The van der Waals surface area contributed by atoms with Gasteiger partial charge in [-0.05, 0) is 0 Å². The quantitative estimate of drug-likeness (QED) is 0.770. The van der Waals surface area contributed by atoms with Crippen LogP contribution in [0.1, 0.15) is 37.6 Å². The van der Waals surface area contributed by atoms with E-state index >= 15 is 0 Å². The van der Waals surface area contributed by atoms with Gasteiger partial charge in [0.25, 0.3) is 0 Å². The van der Waals surface area contributed by atoms with Crippen LogP contribution >= 0.6 is 11.3 Å². The number of nitrogens with one attached hydrogen (secondary N) is 1. The molecule has 24 heavy (non-hydrogen) atoms. The monoisotopic (exact) mass is 344 g/mol. The molecule has 8 heteroatoms. The van der Waals surface area contributed by atoms with E-state index in [1.165, 1.54) is 0 Å². The lowest BCUT2D eigenvalue weighted by molar-refractivity contribution is 0.0393. The molecule has 0 radical (unpaired) electrons. The van der Waals surface area contributed by atoms with Crippen LogP contribution in [0.3, 0.4) is 0 Å². The summed E-state index contributed by atoms with van der Waals surface area (Å²) in [6.07, 6.45) is 3.18. The van der Waals surface area contributed by atoms with Crippen molar-refractivity contribution in [3.05, 3.63) is 28.7 Å². The molecule has 0 amide bonds. The molecule has 0 spiro atoms. The van der Waals surface area contributed by atoms with Crippen LogP contribution in [0.5, 0.6) is 0 Å². The molecule has 3 aromatic rings. The molecule has 1 atom stereocenters. The highest BCUT2D eigenvalue weighted by molar-refractivity contribution is 7.09. The van der Waals surface area contributed by atoms with Gasteiger partial charge in [0, 0.05) is 17.3 Å². The second kappa shape index (κ2) is 5.78. The van der Waals surface area contributed by atoms with Crippen LogP contribution < -0.4 is 4.90 Å². The number of anilines is 1. The van der Waals surface area contributed by atoms with E-state index in [9.17, 15) is 0 Å². The van der Waals surface area contributed by atoms with E-state index in [1.54, 1.807) is 24.0 Å². The maximum Gasteiger partial charge on any atom is 0.182 e. The number of morpholine rings is 1. The predicted molar refractivity (Wildman–Crippen MR) is 93.4 cm³/mol. The van der Waals surface area contributed by atoms with Crippen molar-refractivity contribution in [2.45, 2.75) is 32.3 Å². The minimum absolute atomic E-state index is 0.0345. The minimum Gasteiger partial charge on any atom is -0.367 e. The molecule has 0 aliphatic carbocycles. The van der Waals surface area contributed by atoms with E-state index in [2.05, 4.69) is 51.0 Å². The van der Waals surface area contributed by atoms with Crippen molar-refractivity contribution >= 4 is 28.3 Å². The van der Waals surface area contributed by atoms with Gasteiger partial charge in [-0.1, -0.05) is 20.8 Å². The average molecular weight is 344 g/mol. The fourth-order valence-electron chi connectivity index (χ4n) is 2.76. The molecule has 0 aromatic carbocycles. The van der Waals surface area contributed by atoms with Gasteiger partial charge in [0.1, 0.15) is 23.0 Å². The molecule has 4 heterocycles. The van der Waals surface area contributed by atoms with Crippen LogP contribution in [-0.4, -0.2) is 44.6 Å². The van der Waals surface area contributed by atoms with Crippen molar-refractivity contribution in [3.63, 3.8) is 0 Å². The van der Waals surface area contributed by atoms with Crippen LogP contribution in [-0.2, 0) is 10.2 Å². The van der Waals surface area contributed by atoms with Crippen molar-refractivity contribution in [3.8, 4) is 0 Å². The van der Waals surface area contributed by atoms with Crippen molar-refractivity contribution in [1.82, 2.24) is 24.9 Å². The van der Waals surface area contributed by atoms with Crippen LogP contribution in [0.4, 0.5) is 5.82 Å². The Morgan fingerprint density at radius 1 is 1.29 bits per heavy atom. The Kier molecular flexibility index (Phi) is 3.73. The maximum absolute atomic E-state index is 5.97. The number of aromatic amines is 1. The third-order valence-electron chi connectivity index (χ3n) is 4.13. The van der Waals surface area contributed by atoms with Crippen molar-refractivity contribution in [2.24, 2.45) is 0 Å². The summed E-state index contributed by atoms with van der Waals surface area (Å²) in [7, 11) is 0. The Balaban J connectivity index is 1.60. The number of fused-ring (bicyclic) bond motifs is 1. The Hall–Kier alpha value is -2.06. The second-order valence-corrected chi connectivity index (χ2v) is 7.81. The van der Waals surface area contributed by atoms with E-state index in [-0.39, 0.29) is 11.5 Å². The highest BCUT2D eigenvalue weighted by Crippen LogP contribution is 2.32. The summed E-state index contributed by atoms with van der Waals surface area (Å²) in [5.41, 5.74) is 2.72. The standard InChI is InChI=1S/C16H20N6OS/c1-16(2,3)11-7-24-15(21-11)10-6-22(4-5-23-10)14-12-13(18-8-17-12)19-9-20-14/h7-10H,4-6H2,1-3H3,(H,17,18,19,20). The highest BCUT2D eigenvalue weighted by Gasteiger charge is 2.28. The maximum atomic E-state index is 5.97. The third-order valence-corrected chi connectivity index (χ3v) is 5.07. The van der Waals surface area contributed by atoms with Crippen LogP contribution in [0.2, 0.25) is 0 Å². The van der Waals surface area contributed by atoms with Crippen LogP contribution in [0.15, 0.2) is 18.0 Å². The largest absolute Gasteiger partial charge is 0.367 e. The van der Waals surface area contributed by atoms with E-state index < -0.39 is 0 Å². The molecule has 1 saturated heterocycles. The fourth-order valence-corrected chi connectivity index (χ4v) is 3.85. The summed E-state index contributed by atoms with van der Waals surface area (Å²) in [4.78, 5) is 23.0. The van der Waals surface area contributed by atoms with Gasteiger partial charge in [-0.2, -0.15) is 0 Å². The molecule has 1 aliphatic rings. The van der Waals surface area contributed by atoms with Gasteiger partial charge < -0.3 is 14.6 Å². The zero-order chi connectivity index (χ0) is 16.7. The fraction of sp³-hybridized carbons (Fsp3) is 0.500. The number of ether oxygens (including phenoxy) is 1. The topological polar surface area (TPSA) is 79.8 Å². The first kappa shape index (κ1) is 15.5.